The molecule has 2 heterocycles. The van der Waals surface area contributed by atoms with E-state index in [2.05, 4.69) is 20.9 Å². The van der Waals surface area contributed by atoms with Crippen LogP contribution >= 0.6 is 0 Å². The van der Waals surface area contributed by atoms with E-state index >= 15 is 0 Å². The third kappa shape index (κ3) is 3.37. The summed E-state index contributed by atoms with van der Waals surface area (Å²) in [4.78, 5) is 20.8. The van der Waals surface area contributed by atoms with Crippen molar-refractivity contribution in [2.24, 2.45) is 5.92 Å². The first-order valence-corrected chi connectivity index (χ1v) is 7.71. The summed E-state index contributed by atoms with van der Waals surface area (Å²) in [7, 11) is 0. The Bertz CT molecular complexity index is 440. The molecule has 1 saturated carbocycles. The van der Waals surface area contributed by atoms with Crippen LogP contribution in [0.1, 0.15) is 25.7 Å². The quantitative estimate of drug-likeness (QED) is 0.843. The minimum absolute atomic E-state index is 0.466. The monoisotopic (exact) mass is 273 g/mol. The summed E-state index contributed by atoms with van der Waals surface area (Å²) in [6.07, 6.45) is 5.79. The van der Waals surface area contributed by atoms with Gasteiger partial charge < -0.3 is 4.90 Å². The average Bonchev–Trinajstić information content (AvgIpc) is 2.49. The van der Waals surface area contributed by atoms with E-state index in [-0.39, 0.29) is 0 Å². The van der Waals surface area contributed by atoms with Gasteiger partial charge in [0.2, 0.25) is 0 Å². The highest BCUT2D eigenvalue weighted by Gasteiger charge is 2.24. The first kappa shape index (κ1) is 13.6. The SMILES string of the molecule is O=C1CCCC(CN2CCN(c3ccccn3)CC2)C1. The van der Waals surface area contributed by atoms with Gasteiger partial charge in [-0.25, -0.2) is 4.98 Å². The summed E-state index contributed by atoms with van der Waals surface area (Å²) in [5, 5.41) is 0. The Kier molecular flexibility index (Phi) is 4.31. The van der Waals surface area contributed by atoms with E-state index in [1.54, 1.807) is 0 Å². The standard InChI is InChI=1S/C16H23N3O/c20-15-5-3-4-14(12-15)13-18-8-10-19(11-9-18)16-6-1-2-7-17-16/h1-2,6-7,14H,3-5,8-13H2. The third-order valence-electron chi connectivity index (χ3n) is 4.45. The molecule has 20 heavy (non-hydrogen) atoms. The topological polar surface area (TPSA) is 36.4 Å². The van der Waals surface area contributed by atoms with Gasteiger partial charge in [0.05, 0.1) is 0 Å². The van der Waals surface area contributed by atoms with Crippen LogP contribution in [0.3, 0.4) is 0 Å². The maximum absolute atomic E-state index is 11.5. The van der Waals surface area contributed by atoms with Gasteiger partial charge in [-0.05, 0) is 30.9 Å². The molecule has 0 bridgehead atoms. The number of piperazine rings is 1. The molecule has 2 fully saturated rings. The molecule has 108 valence electrons. The molecule has 1 aliphatic heterocycles. The third-order valence-corrected chi connectivity index (χ3v) is 4.45. The molecular weight excluding hydrogens is 250 g/mol. The van der Waals surface area contributed by atoms with Gasteiger partial charge in [-0.3, -0.25) is 9.69 Å². The number of carbonyl (C=O) groups is 1. The van der Waals surface area contributed by atoms with E-state index in [0.717, 1.165) is 57.8 Å². The number of nitrogens with zero attached hydrogens (tertiary/aromatic N) is 3. The van der Waals surface area contributed by atoms with Crippen LogP contribution in [-0.2, 0) is 4.79 Å². The predicted octanol–water partition coefficient (Wildman–Crippen LogP) is 1.96. The van der Waals surface area contributed by atoms with Crippen LogP contribution < -0.4 is 4.90 Å². The van der Waals surface area contributed by atoms with Crippen LogP contribution in [0.5, 0.6) is 0 Å². The number of Topliss-reactive ketones (excluding diaryl/α,β-unsaturated/α-hetero) is 1. The number of aromatic nitrogens is 1. The summed E-state index contributed by atoms with van der Waals surface area (Å²) < 4.78 is 0. The summed E-state index contributed by atoms with van der Waals surface area (Å²) in [5.74, 6) is 2.14. The number of hydrogen-bond donors (Lipinski definition) is 0. The average molecular weight is 273 g/mol. The largest absolute Gasteiger partial charge is 0.354 e. The fourth-order valence-corrected chi connectivity index (χ4v) is 3.34. The van der Waals surface area contributed by atoms with Crippen molar-refractivity contribution in [2.75, 3.05) is 37.6 Å². The van der Waals surface area contributed by atoms with Crippen LogP contribution in [0.15, 0.2) is 24.4 Å². The van der Waals surface area contributed by atoms with E-state index in [1.807, 2.05) is 18.3 Å². The number of ketones is 1. The highest BCUT2D eigenvalue weighted by Crippen LogP contribution is 2.23. The lowest BCUT2D eigenvalue weighted by atomic mass is 9.88. The van der Waals surface area contributed by atoms with Gasteiger partial charge >= 0.3 is 0 Å². The molecule has 0 radical (unpaired) electrons. The second kappa shape index (κ2) is 6.35. The van der Waals surface area contributed by atoms with E-state index in [4.69, 9.17) is 0 Å². The predicted molar refractivity (Wildman–Crippen MR) is 79.9 cm³/mol. The Hall–Kier alpha value is -1.42. The molecule has 1 aromatic rings. The first-order valence-electron chi connectivity index (χ1n) is 7.71. The van der Waals surface area contributed by atoms with Gasteiger partial charge in [-0.2, -0.15) is 0 Å². The molecule has 2 aliphatic rings. The number of anilines is 1. The number of pyridine rings is 1. The summed E-state index contributed by atoms with van der Waals surface area (Å²) in [6, 6.07) is 6.08. The lowest BCUT2D eigenvalue weighted by molar-refractivity contribution is -0.121. The van der Waals surface area contributed by atoms with Crippen molar-refractivity contribution in [1.82, 2.24) is 9.88 Å². The Morgan fingerprint density at radius 3 is 2.75 bits per heavy atom. The highest BCUT2D eigenvalue weighted by molar-refractivity contribution is 5.79. The van der Waals surface area contributed by atoms with Gasteiger partial charge in [-0.15, -0.1) is 0 Å². The van der Waals surface area contributed by atoms with Crippen LogP contribution in [0, 0.1) is 5.92 Å². The maximum Gasteiger partial charge on any atom is 0.133 e. The summed E-state index contributed by atoms with van der Waals surface area (Å²) in [6.45, 7) is 5.35. The van der Waals surface area contributed by atoms with E-state index in [0.29, 0.717) is 11.7 Å². The first-order chi connectivity index (χ1) is 9.81. The second-order valence-corrected chi connectivity index (χ2v) is 5.98. The van der Waals surface area contributed by atoms with Crippen LogP contribution in [0.4, 0.5) is 5.82 Å². The molecule has 1 aliphatic carbocycles. The fraction of sp³-hybridized carbons (Fsp3) is 0.625. The van der Waals surface area contributed by atoms with Gasteiger partial charge in [0.15, 0.2) is 0 Å². The molecule has 0 amide bonds. The minimum Gasteiger partial charge on any atom is -0.354 e. The highest BCUT2D eigenvalue weighted by atomic mass is 16.1. The zero-order valence-corrected chi connectivity index (χ0v) is 12.0. The van der Waals surface area contributed by atoms with Crippen molar-refractivity contribution < 1.29 is 4.79 Å². The van der Waals surface area contributed by atoms with Crippen LogP contribution in [-0.4, -0.2) is 48.4 Å². The lowest BCUT2D eigenvalue weighted by Crippen LogP contribution is -2.48. The van der Waals surface area contributed by atoms with Gasteiger partial charge in [0, 0.05) is 51.8 Å². The zero-order chi connectivity index (χ0) is 13.8. The van der Waals surface area contributed by atoms with Gasteiger partial charge in [0.1, 0.15) is 11.6 Å². The minimum atomic E-state index is 0.466. The maximum atomic E-state index is 11.5. The smallest absolute Gasteiger partial charge is 0.133 e. The molecule has 3 rings (SSSR count). The van der Waals surface area contributed by atoms with E-state index in [1.165, 1.54) is 6.42 Å². The van der Waals surface area contributed by atoms with Gasteiger partial charge in [0.25, 0.3) is 0 Å². The molecule has 1 unspecified atom stereocenters. The molecule has 1 saturated heterocycles. The number of rotatable bonds is 3. The van der Waals surface area contributed by atoms with E-state index in [9.17, 15) is 4.79 Å². The Balaban J connectivity index is 1.48. The molecule has 0 N–H and O–H groups in total. The zero-order valence-electron chi connectivity index (χ0n) is 12.0. The van der Waals surface area contributed by atoms with Crippen molar-refractivity contribution in [1.29, 1.82) is 0 Å². The molecule has 4 nitrogen and oxygen atoms in total. The number of hydrogen-bond acceptors (Lipinski definition) is 4. The van der Waals surface area contributed by atoms with Crippen molar-refractivity contribution in [2.45, 2.75) is 25.7 Å². The molecule has 0 spiro atoms. The Morgan fingerprint density at radius 1 is 1.20 bits per heavy atom. The molecule has 1 atom stereocenters. The van der Waals surface area contributed by atoms with Crippen molar-refractivity contribution in [3.05, 3.63) is 24.4 Å². The molecule has 4 heteroatoms. The summed E-state index contributed by atoms with van der Waals surface area (Å²) >= 11 is 0. The van der Waals surface area contributed by atoms with Crippen LogP contribution in [0.25, 0.3) is 0 Å². The van der Waals surface area contributed by atoms with Gasteiger partial charge in [-0.1, -0.05) is 6.07 Å². The lowest BCUT2D eigenvalue weighted by Gasteiger charge is -2.37. The van der Waals surface area contributed by atoms with Crippen molar-refractivity contribution >= 4 is 11.6 Å². The summed E-state index contributed by atoms with van der Waals surface area (Å²) in [5.41, 5.74) is 0. The number of carbonyl (C=O) groups excluding carboxylic acids is 1. The Labute approximate surface area is 120 Å². The van der Waals surface area contributed by atoms with Crippen molar-refractivity contribution in [3.63, 3.8) is 0 Å². The normalized spacial score (nSPS) is 24.9. The fourth-order valence-electron chi connectivity index (χ4n) is 3.34. The Morgan fingerprint density at radius 2 is 2.05 bits per heavy atom. The molecule has 1 aromatic heterocycles. The van der Waals surface area contributed by atoms with Crippen molar-refractivity contribution in [3.8, 4) is 0 Å². The van der Waals surface area contributed by atoms with E-state index < -0.39 is 0 Å². The molecular formula is C16H23N3O. The van der Waals surface area contributed by atoms with Crippen LogP contribution in [0.2, 0.25) is 0 Å². The molecule has 0 aromatic carbocycles. The second-order valence-electron chi connectivity index (χ2n) is 5.98.